The minimum atomic E-state index is -0.633. The highest BCUT2D eigenvalue weighted by Gasteiger charge is 2.27. The number of carbonyl (C=O) groups is 2. The average molecular weight is 259 g/mol. The molecule has 0 radical (unpaired) electrons. The average Bonchev–Trinajstić information content (AvgIpc) is 2.38. The van der Waals surface area contributed by atoms with Crippen molar-refractivity contribution < 1.29 is 19.1 Å². The van der Waals surface area contributed by atoms with Gasteiger partial charge in [-0.25, -0.2) is 9.59 Å². The number of ether oxygens (including phenoxy) is 2. The van der Waals surface area contributed by atoms with Crippen LogP contribution in [0.5, 0.6) is 0 Å². The first kappa shape index (κ1) is 16.7. The molecule has 5 heteroatoms. The Kier molecular flexibility index (Phi) is 9.06. The largest absolute Gasteiger partial charge is 0.464 e. The van der Waals surface area contributed by atoms with Crippen molar-refractivity contribution in [1.82, 2.24) is 5.32 Å². The zero-order valence-corrected chi connectivity index (χ0v) is 11.8. The molecule has 0 aliphatic rings. The van der Waals surface area contributed by atoms with Gasteiger partial charge in [-0.2, -0.15) is 0 Å². The summed E-state index contributed by atoms with van der Waals surface area (Å²) < 4.78 is 9.99. The van der Waals surface area contributed by atoms with E-state index in [1.165, 1.54) is 0 Å². The third-order valence-electron chi connectivity index (χ3n) is 2.63. The van der Waals surface area contributed by atoms with E-state index in [9.17, 15) is 9.59 Å². The summed E-state index contributed by atoms with van der Waals surface area (Å²) in [5.41, 5.74) is 0. The number of carbonyl (C=O) groups excluding carboxylic acids is 2. The molecule has 0 fully saturated rings. The predicted molar refractivity (Wildman–Crippen MR) is 69.3 cm³/mol. The van der Waals surface area contributed by atoms with Gasteiger partial charge in [-0.1, -0.05) is 34.1 Å². The highest BCUT2D eigenvalue weighted by atomic mass is 16.6. The lowest BCUT2D eigenvalue weighted by Gasteiger charge is -2.22. The third kappa shape index (κ3) is 6.47. The number of hydrogen-bond donors (Lipinski definition) is 1. The molecule has 0 saturated heterocycles. The SMILES string of the molecule is CCCOC(=O)NC(C(=O)OCCC)C(C)CC. The molecule has 1 N–H and O–H groups in total. The maximum Gasteiger partial charge on any atom is 0.407 e. The normalized spacial score (nSPS) is 13.6. The minimum Gasteiger partial charge on any atom is -0.464 e. The van der Waals surface area contributed by atoms with Gasteiger partial charge in [-0.15, -0.1) is 0 Å². The third-order valence-corrected chi connectivity index (χ3v) is 2.63. The van der Waals surface area contributed by atoms with Gasteiger partial charge in [0.15, 0.2) is 0 Å². The van der Waals surface area contributed by atoms with Gasteiger partial charge in [0.2, 0.25) is 0 Å². The molecule has 0 heterocycles. The van der Waals surface area contributed by atoms with Crippen LogP contribution in [-0.4, -0.2) is 31.3 Å². The van der Waals surface area contributed by atoms with Gasteiger partial charge in [-0.3, -0.25) is 0 Å². The van der Waals surface area contributed by atoms with Crippen molar-refractivity contribution in [2.45, 2.75) is 53.0 Å². The molecule has 0 bridgehead atoms. The maximum absolute atomic E-state index is 11.8. The second-order valence-electron chi connectivity index (χ2n) is 4.31. The van der Waals surface area contributed by atoms with Crippen LogP contribution in [0.4, 0.5) is 4.79 Å². The fourth-order valence-electron chi connectivity index (χ4n) is 1.33. The Labute approximate surface area is 109 Å². The van der Waals surface area contributed by atoms with E-state index < -0.39 is 12.1 Å². The molecule has 5 nitrogen and oxygen atoms in total. The van der Waals surface area contributed by atoms with Gasteiger partial charge in [0.25, 0.3) is 0 Å². The molecular formula is C13H25NO4. The van der Waals surface area contributed by atoms with Crippen LogP contribution in [0, 0.1) is 5.92 Å². The number of alkyl carbamates (subject to hydrolysis) is 1. The van der Waals surface area contributed by atoms with Crippen molar-refractivity contribution in [3.05, 3.63) is 0 Å². The molecule has 0 aromatic rings. The number of rotatable bonds is 8. The van der Waals surface area contributed by atoms with Crippen LogP contribution in [0.3, 0.4) is 0 Å². The van der Waals surface area contributed by atoms with Crippen molar-refractivity contribution in [2.75, 3.05) is 13.2 Å². The monoisotopic (exact) mass is 259 g/mol. The van der Waals surface area contributed by atoms with E-state index in [-0.39, 0.29) is 11.9 Å². The molecule has 0 saturated carbocycles. The summed E-state index contributed by atoms with van der Waals surface area (Å²) in [7, 11) is 0. The van der Waals surface area contributed by atoms with Gasteiger partial charge in [0.1, 0.15) is 6.04 Å². The van der Waals surface area contributed by atoms with Crippen molar-refractivity contribution >= 4 is 12.1 Å². The molecule has 2 atom stereocenters. The van der Waals surface area contributed by atoms with Crippen molar-refractivity contribution in [2.24, 2.45) is 5.92 Å². The van der Waals surface area contributed by atoms with Gasteiger partial charge < -0.3 is 14.8 Å². The summed E-state index contributed by atoms with van der Waals surface area (Å²) in [6.45, 7) is 8.42. The molecule has 106 valence electrons. The summed E-state index contributed by atoms with van der Waals surface area (Å²) in [6, 6.07) is -0.633. The van der Waals surface area contributed by atoms with Gasteiger partial charge in [0, 0.05) is 0 Å². The Morgan fingerprint density at radius 3 is 2.11 bits per heavy atom. The molecule has 0 aliphatic heterocycles. The number of nitrogens with one attached hydrogen (secondary N) is 1. The summed E-state index contributed by atoms with van der Waals surface area (Å²) >= 11 is 0. The lowest BCUT2D eigenvalue weighted by Crippen LogP contribution is -2.46. The molecule has 0 aromatic heterocycles. The first-order valence-electron chi connectivity index (χ1n) is 6.66. The van der Waals surface area contributed by atoms with E-state index in [4.69, 9.17) is 9.47 Å². The molecule has 18 heavy (non-hydrogen) atoms. The maximum atomic E-state index is 11.8. The molecule has 2 unspecified atom stereocenters. The first-order chi connectivity index (χ1) is 8.56. The molecular weight excluding hydrogens is 234 g/mol. The lowest BCUT2D eigenvalue weighted by molar-refractivity contribution is -0.147. The zero-order chi connectivity index (χ0) is 14.0. The van der Waals surface area contributed by atoms with Crippen molar-refractivity contribution in [3.8, 4) is 0 Å². The van der Waals surface area contributed by atoms with E-state index in [2.05, 4.69) is 5.32 Å². The zero-order valence-electron chi connectivity index (χ0n) is 11.8. The fourth-order valence-corrected chi connectivity index (χ4v) is 1.33. The molecule has 0 aromatic carbocycles. The Balaban J connectivity index is 4.39. The highest BCUT2D eigenvalue weighted by Crippen LogP contribution is 2.10. The number of hydrogen-bond acceptors (Lipinski definition) is 4. The number of amides is 1. The second kappa shape index (κ2) is 9.74. The summed E-state index contributed by atoms with van der Waals surface area (Å²) in [6.07, 6.45) is 1.73. The van der Waals surface area contributed by atoms with E-state index in [0.29, 0.717) is 13.2 Å². The summed E-state index contributed by atoms with van der Waals surface area (Å²) in [4.78, 5) is 23.3. The standard InChI is InChI=1S/C13H25NO4/c1-5-8-17-12(15)11(10(4)7-3)14-13(16)18-9-6-2/h10-11H,5-9H2,1-4H3,(H,14,16). The van der Waals surface area contributed by atoms with Crippen LogP contribution < -0.4 is 5.32 Å². The van der Waals surface area contributed by atoms with E-state index in [1.54, 1.807) is 0 Å². The Morgan fingerprint density at radius 2 is 1.61 bits per heavy atom. The predicted octanol–water partition coefficient (Wildman–Crippen LogP) is 2.49. The quantitative estimate of drug-likeness (QED) is 0.680. The topological polar surface area (TPSA) is 64.6 Å². The van der Waals surface area contributed by atoms with E-state index >= 15 is 0 Å². The van der Waals surface area contributed by atoms with Crippen LogP contribution >= 0.6 is 0 Å². The molecule has 0 spiro atoms. The van der Waals surface area contributed by atoms with Crippen molar-refractivity contribution in [3.63, 3.8) is 0 Å². The second-order valence-corrected chi connectivity index (χ2v) is 4.31. The Morgan fingerprint density at radius 1 is 1.06 bits per heavy atom. The summed E-state index contributed by atoms with van der Waals surface area (Å²) in [5.74, 6) is -0.372. The lowest BCUT2D eigenvalue weighted by atomic mass is 9.99. The Hall–Kier alpha value is -1.26. The number of esters is 1. The van der Waals surface area contributed by atoms with Crippen LogP contribution in [-0.2, 0) is 14.3 Å². The van der Waals surface area contributed by atoms with Crippen LogP contribution in [0.1, 0.15) is 47.0 Å². The van der Waals surface area contributed by atoms with E-state index in [0.717, 1.165) is 19.3 Å². The molecule has 0 aliphatic carbocycles. The smallest absolute Gasteiger partial charge is 0.407 e. The van der Waals surface area contributed by atoms with E-state index in [1.807, 2.05) is 27.7 Å². The van der Waals surface area contributed by atoms with Crippen LogP contribution in [0.2, 0.25) is 0 Å². The molecule has 1 amide bonds. The molecule has 0 rings (SSSR count). The minimum absolute atomic E-state index is 0.0172. The van der Waals surface area contributed by atoms with Crippen LogP contribution in [0.15, 0.2) is 0 Å². The van der Waals surface area contributed by atoms with Gasteiger partial charge >= 0.3 is 12.1 Å². The summed E-state index contributed by atoms with van der Waals surface area (Å²) in [5, 5.41) is 2.58. The fraction of sp³-hybridized carbons (Fsp3) is 0.846. The Bertz CT molecular complexity index is 255. The highest BCUT2D eigenvalue weighted by molar-refractivity contribution is 5.81. The van der Waals surface area contributed by atoms with Crippen LogP contribution in [0.25, 0.3) is 0 Å². The first-order valence-corrected chi connectivity index (χ1v) is 6.66. The van der Waals surface area contributed by atoms with Crippen molar-refractivity contribution in [1.29, 1.82) is 0 Å². The van der Waals surface area contributed by atoms with Gasteiger partial charge in [0.05, 0.1) is 13.2 Å². The van der Waals surface area contributed by atoms with Gasteiger partial charge in [-0.05, 0) is 18.8 Å².